The maximum atomic E-state index is 13.9. The topological polar surface area (TPSA) is 59.8 Å². The van der Waals surface area contributed by atoms with E-state index in [2.05, 4.69) is 17.1 Å². The molecule has 0 unspecified atom stereocenters. The highest BCUT2D eigenvalue weighted by atomic mass is 19.1. The van der Waals surface area contributed by atoms with Gasteiger partial charge in [0.25, 0.3) is 0 Å². The van der Waals surface area contributed by atoms with Crippen molar-refractivity contribution in [2.75, 3.05) is 31.6 Å². The second-order valence-corrected chi connectivity index (χ2v) is 8.84. The normalized spacial score (nSPS) is 26.5. The van der Waals surface area contributed by atoms with Gasteiger partial charge in [-0.2, -0.15) is 0 Å². The number of rotatable bonds is 4. The second-order valence-electron chi connectivity index (χ2n) is 8.84. The van der Waals surface area contributed by atoms with E-state index in [4.69, 9.17) is 18.9 Å². The summed E-state index contributed by atoms with van der Waals surface area (Å²) in [7, 11) is 0. The molecule has 2 fully saturated rings. The molecule has 31 heavy (non-hydrogen) atoms. The minimum absolute atomic E-state index is 0.0682. The van der Waals surface area contributed by atoms with Crippen LogP contribution < -0.4 is 10.1 Å². The van der Waals surface area contributed by atoms with Crippen molar-refractivity contribution in [3.8, 4) is 5.75 Å². The molecule has 0 amide bonds. The summed E-state index contributed by atoms with van der Waals surface area (Å²) >= 11 is 0. The van der Waals surface area contributed by atoms with E-state index in [0.29, 0.717) is 24.9 Å². The van der Waals surface area contributed by atoms with Crippen molar-refractivity contribution in [2.45, 2.75) is 43.9 Å². The van der Waals surface area contributed by atoms with Crippen molar-refractivity contribution in [3.05, 3.63) is 53.7 Å². The first kappa shape index (κ1) is 19.1. The highest BCUT2D eigenvalue weighted by molar-refractivity contribution is 5.87. The van der Waals surface area contributed by atoms with E-state index in [9.17, 15) is 4.39 Å². The number of hydrogen-bond acceptors (Lipinski definition) is 6. The van der Waals surface area contributed by atoms with Gasteiger partial charge >= 0.3 is 0 Å². The van der Waals surface area contributed by atoms with Gasteiger partial charge in [-0.25, -0.2) is 9.37 Å². The minimum Gasteiger partial charge on any atom is -0.491 e. The molecule has 6 nitrogen and oxygen atoms in total. The fraction of sp³-hybridized carbons (Fsp3) is 0.458. The monoisotopic (exact) mass is 423 g/mol. The molecule has 2 aromatic carbocycles. The SMILES string of the molecule is C[C@@H]1CN([C@H]2COc3cc(F)ccc3[C@@H]2Nc2cccc3oc(C4CC4)nc23)CCO1. The van der Waals surface area contributed by atoms with Gasteiger partial charge in [0.15, 0.2) is 11.5 Å². The van der Waals surface area contributed by atoms with Gasteiger partial charge in [-0.1, -0.05) is 12.1 Å². The van der Waals surface area contributed by atoms with E-state index in [-0.39, 0.29) is 24.0 Å². The summed E-state index contributed by atoms with van der Waals surface area (Å²) in [6.45, 7) is 4.96. The molecule has 3 heterocycles. The Labute approximate surface area is 180 Å². The molecule has 1 N–H and O–H groups in total. The number of benzene rings is 2. The molecule has 1 aliphatic carbocycles. The number of para-hydroxylation sites is 1. The zero-order valence-corrected chi connectivity index (χ0v) is 17.5. The number of oxazole rings is 1. The van der Waals surface area contributed by atoms with Gasteiger partial charge in [0.1, 0.15) is 23.7 Å². The summed E-state index contributed by atoms with van der Waals surface area (Å²) in [5, 5.41) is 3.73. The summed E-state index contributed by atoms with van der Waals surface area (Å²) in [6.07, 6.45) is 2.46. The number of morpholine rings is 1. The van der Waals surface area contributed by atoms with Crippen LogP contribution in [-0.4, -0.2) is 48.3 Å². The number of halogens is 1. The van der Waals surface area contributed by atoms with Gasteiger partial charge in [0, 0.05) is 30.6 Å². The zero-order valence-electron chi connectivity index (χ0n) is 17.5. The van der Waals surface area contributed by atoms with Gasteiger partial charge in [-0.15, -0.1) is 0 Å². The Bertz CT molecular complexity index is 1110. The van der Waals surface area contributed by atoms with E-state index >= 15 is 0 Å². The van der Waals surface area contributed by atoms with Crippen LogP contribution in [0.25, 0.3) is 11.1 Å². The fourth-order valence-corrected chi connectivity index (χ4v) is 4.76. The van der Waals surface area contributed by atoms with Gasteiger partial charge in [-0.05, 0) is 38.0 Å². The molecule has 3 atom stereocenters. The lowest BCUT2D eigenvalue weighted by Crippen LogP contribution is -2.54. The molecular weight excluding hydrogens is 397 g/mol. The highest BCUT2D eigenvalue weighted by Gasteiger charge is 2.37. The van der Waals surface area contributed by atoms with Crippen molar-refractivity contribution in [2.24, 2.45) is 0 Å². The first-order valence-electron chi connectivity index (χ1n) is 11.1. The van der Waals surface area contributed by atoms with Gasteiger partial charge in [0.2, 0.25) is 0 Å². The Morgan fingerprint density at radius 1 is 1.19 bits per heavy atom. The molecule has 3 aromatic rings. The van der Waals surface area contributed by atoms with Crippen LogP contribution in [0.5, 0.6) is 5.75 Å². The average Bonchev–Trinajstić information content (AvgIpc) is 3.52. The van der Waals surface area contributed by atoms with Crippen LogP contribution in [0, 0.1) is 5.82 Å². The lowest BCUT2D eigenvalue weighted by molar-refractivity contribution is -0.0465. The second kappa shape index (κ2) is 7.50. The Kier molecular flexibility index (Phi) is 4.61. The summed E-state index contributed by atoms with van der Waals surface area (Å²) in [4.78, 5) is 7.22. The van der Waals surface area contributed by atoms with E-state index in [1.54, 1.807) is 0 Å². The van der Waals surface area contributed by atoms with Crippen LogP contribution in [-0.2, 0) is 4.74 Å². The summed E-state index contributed by atoms with van der Waals surface area (Å²) in [5.41, 5.74) is 3.55. The lowest BCUT2D eigenvalue weighted by atomic mass is 9.94. The smallest absolute Gasteiger partial charge is 0.198 e. The number of fused-ring (bicyclic) bond motifs is 2. The molecule has 162 valence electrons. The maximum Gasteiger partial charge on any atom is 0.198 e. The predicted molar refractivity (Wildman–Crippen MR) is 115 cm³/mol. The van der Waals surface area contributed by atoms with E-state index in [0.717, 1.165) is 54.2 Å². The summed E-state index contributed by atoms with van der Waals surface area (Å²) < 4.78 is 31.7. The Morgan fingerprint density at radius 3 is 2.94 bits per heavy atom. The van der Waals surface area contributed by atoms with Crippen LogP contribution in [0.2, 0.25) is 0 Å². The van der Waals surface area contributed by atoms with E-state index in [1.165, 1.54) is 12.1 Å². The Balaban J connectivity index is 1.39. The Morgan fingerprint density at radius 2 is 2.10 bits per heavy atom. The standard InChI is InChI=1S/C24H26FN3O3/c1-14-12-28(9-10-29-14)19-13-30-21-11-16(25)7-8-17(21)22(19)26-18-3-2-4-20-23(18)27-24(31-20)15-5-6-15/h2-4,7-8,11,14-15,19,22,26H,5-6,9-10,12-13H2,1H3/t14-,19+,22+/m1/s1. The van der Waals surface area contributed by atoms with Gasteiger partial charge in [0.05, 0.1) is 30.5 Å². The van der Waals surface area contributed by atoms with Crippen molar-refractivity contribution < 1.29 is 18.3 Å². The lowest BCUT2D eigenvalue weighted by Gasteiger charge is -2.44. The zero-order chi connectivity index (χ0) is 20.9. The molecule has 7 heteroatoms. The molecule has 0 bridgehead atoms. The van der Waals surface area contributed by atoms with Crippen molar-refractivity contribution in [1.29, 1.82) is 0 Å². The number of nitrogens with zero attached hydrogens (tertiary/aromatic N) is 2. The Hall–Kier alpha value is -2.64. The predicted octanol–water partition coefficient (Wildman–Crippen LogP) is 4.48. The van der Waals surface area contributed by atoms with E-state index in [1.807, 2.05) is 24.3 Å². The molecule has 2 aliphatic heterocycles. The van der Waals surface area contributed by atoms with Crippen LogP contribution in [0.15, 0.2) is 40.8 Å². The molecule has 3 aliphatic rings. The fourth-order valence-electron chi connectivity index (χ4n) is 4.76. The summed E-state index contributed by atoms with van der Waals surface area (Å²) in [6, 6.07) is 10.8. The molecular formula is C24H26FN3O3. The minimum atomic E-state index is -0.288. The van der Waals surface area contributed by atoms with Crippen molar-refractivity contribution >= 4 is 16.8 Å². The average molecular weight is 423 g/mol. The molecule has 1 saturated heterocycles. The quantitative estimate of drug-likeness (QED) is 0.668. The van der Waals surface area contributed by atoms with Crippen LogP contribution >= 0.6 is 0 Å². The third-order valence-electron chi connectivity index (χ3n) is 6.52. The molecule has 0 spiro atoms. The number of nitrogens with one attached hydrogen (secondary N) is 1. The molecule has 1 aromatic heterocycles. The number of anilines is 1. The maximum absolute atomic E-state index is 13.9. The van der Waals surface area contributed by atoms with Crippen LogP contribution in [0.1, 0.15) is 43.2 Å². The highest BCUT2D eigenvalue weighted by Crippen LogP contribution is 2.42. The molecule has 1 saturated carbocycles. The van der Waals surface area contributed by atoms with Crippen LogP contribution in [0.4, 0.5) is 10.1 Å². The number of aromatic nitrogens is 1. The first-order valence-corrected chi connectivity index (χ1v) is 11.1. The van der Waals surface area contributed by atoms with Gasteiger partial charge < -0.3 is 19.2 Å². The van der Waals surface area contributed by atoms with Crippen molar-refractivity contribution in [3.63, 3.8) is 0 Å². The van der Waals surface area contributed by atoms with Crippen LogP contribution in [0.3, 0.4) is 0 Å². The molecule has 0 radical (unpaired) electrons. The molecule has 6 rings (SSSR count). The van der Waals surface area contributed by atoms with E-state index < -0.39 is 0 Å². The third-order valence-corrected chi connectivity index (χ3v) is 6.52. The van der Waals surface area contributed by atoms with Crippen molar-refractivity contribution in [1.82, 2.24) is 9.88 Å². The van der Waals surface area contributed by atoms with Gasteiger partial charge in [-0.3, -0.25) is 4.90 Å². The number of hydrogen-bond donors (Lipinski definition) is 1. The third kappa shape index (κ3) is 3.55. The largest absolute Gasteiger partial charge is 0.491 e. The number of ether oxygens (including phenoxy) is 2. The summed E-state index contributed by atoms with van der Waals surface area (Å²) in [5.74, 6) is 1.59. The first-order chi connectivity index (χ1) is 15.2.